The highest BCUT2D eigenvalue weighted by molar-refractivity contribution is 9.10. The molecule has 28 heavy (non-hydrogen) atoms. The summed E-state index contributed by atoms with van der Waals surface area (Å²) < 4.78 is 40.1. The van der Waals surface area contributed by atoms with Crippen molar-refractivity contribution in [3.8, 4) is 0 Å². The normalized spacial score (nSPS) is 12.2. The Morgan fingerprint density at radius 2 is 1.68 bits per heavy atom. The largest absolute Gasteiger partial charge is 0.288 e. The topological polar surface area (TPSA) is 51.2 Å². The number of rotatable bonds is 6. The number of ketones is 1. The molecule has 0 N–H and O–H groups in total. The highest BCUT2D eigenvalue weighted by Crippen LogP contribution is 2.26. The van der Waals surface area contributed by atoms with E-state index in [2.05, 4.69) is 15.9 Å². The van der Waals surface area contributed by atoms with Crippen LogP contribution in [-0.4, -0.2) is 14.2 Å². The van der Waals surface area contributed by atoms with Crippen molar-refractivity contribution in [3.05, 3.63) is 96.7 Å². The number of sulfone groups is 1. The molecule has 0 aliphatic carbocycles. The predicted octanol–water partition coefficient (Wildman–Crippen LogP) is 5.80. The third-order valence-corrected chi connectivity index (χ3v) is 7.13. The van der Waals surface area contributed by atoms with Gasteiger partial charge in [-0.1, -0.05) is 28.1 Å². The lowest BCUT2D eigenvalue weighted by Crippen LogP contribution is -2.16. The Balaban J connectivity index is 2.04. The molecule has 3 rings (SSSR count). The summed E-state index contributed by atoms with van der Waals surface area (Å²) in [5.74, 6) is -1.40. The fraction of sp³-hybridized carbons (Fsp3) is 0.0952. The molecule has 2 aromatic carbocycles. The van der Waals surface area contributed by atoms with E-state index in [4.69, 9.17) is 0 Å². The third-order valence-electron chi connectivity index (χ3n) is 3.97. The molecule has 0 aliphatic rings. The van der Waals surface area contributed by atoms with Crippen LogP contribution in [-0.2, 0) is 15.6 Å². The van der Waals surface area contributed by atoms with Gasteiger partial charge in [0.2, 0.25) is 5.78 Å². The van der Waals surface area contributed by atoms with E-state index in [0.29, 0.717) is 10.4 Å². The van der Waals surface area contributed by atoms with Gasteiger partial charge in [0.1, 0.15) is 10.7 Å². The summed E-state index contributed by atoms with van der Waals surface area (Å²) in [5, 5.41) is 0. The Morgan fingerprint density at radius 1 is 1.04 bits per heavy atom. The van der Waals surface area contributed by atoms with Crippen LogP contribution in [0.5, 0.6) is 0 Å². The quantitative estimate of drug-likeness (QED) is 0.332. The number of halogens is 2. The highest BCUT2D eigenvalue weighted by Gasteiger charge is 2.27. The number of carbonyl (C=O) groups is 1. The summed E-state index contributed by atoms with van der Waals surface area (Å²) in [6.45, 7) is 1.91. The third kappa shape index (κ3) is 5.04. The van der Waals surface area contributed by atoms with Crippen molar-refractivity contribution < 1.29 is 17.6 Å². The Hall–Kier alpha value is -2.09. The summed E-state index contributed by atoms with van der Waals surface area (Å²) in [4.78, 5) is 14.5. The maximum Gasteiger partial charge on any atom is 0.204 e. The molecule has 0 unspecified atom stereocenters. The van der Waals surface area contributed by atoms with Gasteiger partial charge in [0, 0.05) is 19.8 Å². The van der Waals surface area contributed by atoms with Crippen molar-refractivity contribution in [2.75, 3.05) is 0 Å². The second-order valence-corrected chi connectivity index (χ2v) is 10.4. The highest BCUT2D eigenvalue weighted by atomic mass is 79.9. The zero-order chi connectivity index (χ0) is 20.3. The standard InChI is InChI=1S/C21H16BrFO3S2/c1-14-2-11-19(27-14)12-20(21(24)16-5-7-17(22)8-6-16)28(25,26)13-15-3-9-18(23)10-4-15/h2-12H,13H2,1H3/b20-12+. The number of allylic oxidation sites excluding steroid dienone is 1. The van der Waals surface area contributed by atoms with Crippen molar-refractivity contribution in [1.29, 1.82) is 0 Å². The van der Waals surface area contributed by atoms with Gasteiger partial charge >= 0.3 is 0 Å². The number of carbonyl (C=O) groups excluding carboxylic acids is 1. The lowest BCUT2D eigenvalue weighted by Gasteiger charge is -2.09. The number of aryl methyl sites for hydroxylation is 1. The lowest BCUT2D eigenvalue weighted by molar-refractivity contribution is 0.104. The monoisotopic (exact) mass is 478 g/mol. The van der Waals surface area contributed by atoms with Gasteiger partial charge in [-0.3, -0.25) is 4.79 Å². The zero-order valence-electron chi connectivity index (χ0n) is 14.9. The molecule has 0 radical (unpaired) electrons. The summed E-state index contributed by atoms with van der Waals surface area (Å²) in [6, 6.07) is 15.4. The summed E-state index contributed by atoms with van der Waals surface area (Å²) >= 11 is 4.71. The van der Waals surface area contributed by atoms with Crippen molar-refractivity contribution in [2.24, 2.45) is 0 Å². The minimum Gasteiger partial charge on any atom is -0.288 e. The first-order valence-corrected chi connectivity index (χ1v) is 11.6. The molecule has 7 heteroatoms. The van der Waals surface area contributed by atoms with E-state index >= 15 is 0 Å². The minimum atomic E-state index is -3.95. The van der Waals surface area contributed by atoms with E-state index in [1.165, 1.54) is 41.7 Å². The van der Waals surface area contributed by atoms with E-state index in [1.807, 2.05) is 13.0 Å². The van der Waals surface area contributed by atoms with Crippen LogP contribution in [0.1, 0.15) is 25.7 Å². The minimum absolute atomic E-state index is 0.277. The van der Waals surface area contributed by atoms with Gasteiger partial charge in [-0.25, -0.2) is 12.8 Å². The number of Topliss-reactive ketones (excluding diaryl/α,β-unsaturated/α-hetero) is 1. The van der Waals surface area contributed by atoms with E-state index in [0.717, 1.165) is 9.35 Å². The van der Waals surface area contributed by atoms with Crippen molar-refractivity contribution in [3.63, 3.8) is 0 Å². The number of hydrogen-bond donors (Lipinski definition) is 0. The van der Waals surface area contributed by atoms with Crippen molar-refractivity contribution in [1.82, 2.24) is 0 Å². The summed E-state index contributed by atoms with van der Waals surface area (Å²) in [6.07, 6.45) is 1.42. The number of hydrogen-bond acceptors (Lipinski definition) is 4. The molecule has 1 heterocycles. The molecular weight excluding hydrogens is 463 g/mol. The first-order chi connectivity index (χ1) is 13.2. The van der Waals surface area contributed by atoms with Crippen LogP contribution in [0.25, 0.3) is 6.08 Å². The van der Waals surface area contributed by atoms with Gasteiger partial charge in [0.25, 0.3) is 0 Å². The first kappa shape index (κ1) is 20.6. The maximum atomic E-state index is 13.1. The maximum absolute atomic E-state index is 13.1. The van der Waals surface area contributed by atoms with Gasteiger partial charge in [-0.15, -0.1) is 11.3 Å². The van der Waals surface area contributed by atoms with Gasteiger partial charge in [-0.05, 0) is 67.1 Å². The van der Waals surface area contributed by atoms with Crippen LogP contribution < -0.4 is 0 Å². The molecule has 0 saturated heterocycles. The number of thiophene rings is 1. The lowest BCUT2D eigenvalue weighted by atomic mass is 10.1. The Bertz CT molecular complexity index is 1130. The van der Waals surface area contributed by atoms with E-state index in [9.17, 15) is 17.6 Å². The van der Waals surface area contributed by atoms with Crippen LogP contribution in [0.4, 0.5) is 4.39 Å². The van der Waals surface area contributed by atoms with Crippen LogP contribution >= 0.6 is 27.3 Å². The van der Waals surface area contributed by atoms with E-state index < -0.39 is 21.4 Å². The van der Waals surface area contributed by atoms with Gasteiger partial charge < -0.3 is 0 Å². The molecule has 0 amide bonds. The molecule has 3 nitrogen and oxygen atoms in total. The smallest absolute Gasteiger partial charge is 0.204 e. The summed E-state index contributed by atoms with van der Waals surface area (Å²) in [5.41, 5.74) is 0.698. The Kier molecular flexibility index (Phi) is 6.27. The van der Waals surface area contributed by atoms with Crippen LogP contribution in [0.3, 0.4) is 0 Å². The van der Waals surface area contributed by atoms with Crippen molar-refractivity contribution >= 4 is 49.0 Å². The zero-order valence-corrected chi connectivity index (χ0v) is 18.1. The van der Waals surface area contributed by atoms with Crippen LogP contribution in [0.15, 0.2) is 70.0 Å². The molecule has 0 bridgehead atoms. The molecule has 0 atom stereocenters. The second kappa shape index (κ2) is 8.51. The Morgan fingerprint density at radius 3 is 2.25 bits per heavy atom. The second-order valence-electron chi connectivity index (χ2n) is 6.18. The first-order valence-electron chi connectivity index (χ1n) is 8.30. The fourth-order valence-electron chi connectivity index (χ4n) is 2.58. The Labute approximate surface area is 175 Å². The molecule has 144 valence electrons. The molecular formula is C21H16BrFO3S2. The fourth-order valence-corrected chi connectivity index (χ4v) is 5.23. The van der Waals surface area contributed by atoms with E-state index in [1.54, 1.807) is 30.3 Å². The average molecular weight is 479 g/mol. The van der Waals surface area contributed by atoms with Crippen LogP contribution in [0, 0.1) is 12.7 Å². The summed E-state index contributed by atoms with van der Waals surface area (Å²) in [7, 11) is -3.95. The molecule has 0 fully saturated rings. The SMILES string of the molecule is Cc1ccc(/C=C(\C(=O)c2ccc(Br)cc2)S(=O)(=O)Cc2ccc(F)cc2)s1. The number of benzene rings is 2. The van der Waals surface area contributed by atoms with Gasteiger partial charge in [0.15, 0.2) is 9.84 Å². The molecule has 0 spiro atoms. The molecule has 0 saturated carbocycles. The van der Waals surface area contributed by atoms with Crippen LogP contribution in [0.2, 0.25) is 0 Å². The van der Waals surface area contributed by atoms with Crippen molar-refractivity contribution in [2.45, 2.75) is 12.7 Å². The van der Waals surface area contributed by atoms with E-state index in [-0.39, 0.29) is 16.2 Å². The molecule has 3 aromatic rings. The van der Waals surface area contributed by atoms with Gasteiger partial charge in [-0.2, -0.15) is 0 Å². The molecule has 0 aliphatic heterocycles. The predicted molar refractivity (Wildman–Crippen MR) is 115 cm³/mol. The van der Waals surface area contributed by atoms with Gasteiger partial charge in [0.05, 0.1) is 5.75 Å². The molecule has 1 aromatic heterocycles. The average Bonchev–Trinajstić information content (AvgIpc) is 3.06.